The summed E-state index contributed by atoms with van der Waals surface area (Å²) in [7, 11) is 0. The molecule has 0 aromatic heterocycles. The summed E-state index contributed by atoms with van der Waals surface area (Å²) in [6, 6.07) is 4.47. The van der Waals surface area contributed by atoms with Crippen molar-refractivity contribution in [3.63, 3.8) is 0 Å². The van der Waals surface area contributed by atoms with Crippen molar-refractivity contribution in [2.45, 2.75) is 46.5 Å². The number of carbonyl (C=O) groups is 1. The first-order valence-electron chi connectivity index (χ1n) is 7.22. The molecule has 1 heterocycles. The zero-order valence-electron chi connectivity index (χ0n) is 13.1. The molecule has 0 N–H and O–H groups in total. The fourth-order valence-corrected chi connectivity index (χ4v) is 3.35. The molecule has 3 heteroatoms. The van der Waals surface area contributed by atoms with E-state index in [1.165, 1.54) is 16.7 Å². The first-order chi connectivity index (χ1) is 9.24. The highest BCUT2D eigenvalue weighted by molar-refractivity contribution is 9.09. The predicted octanol–water partition coefficient (Wildman–Crippen LogP) is 4.35. The van der Waals surface area contributed by atoms with Crippen molar-refractivity contribution in [1.82, 2.24) is 0 Å². The fourth-order valence-electron chi connectivity index (χ4n) is 2.92. The molecule has 0 saturated carbocycles. The Balaban J connectivity index is 2.41. The molecule has 0 aliphatic carbocycles. The Labute approximate surface area is 130 Å². The molecule has 2 nitrogen and oxygen atoms in total. The van der Waals surface area contributed by atoms with E-state index < -0.39 is 0 Å². The van der Waals surface area contributed by atoms with Crippen molar-refractivity contribution in [3.8, 4) is 0 Å². The Morgan fingerprint density at radius 1 is 1.25 bits per heavy atom. The third-order valence-electron chi connectivity index (χ3n) is 4.05. The fraction of sp³-hybridized carbons (Fsp3) is 0.588. The van der Waals surface area contributed by atoms with E-state index in [0.717, 1.165) is 17.6 Å². The summed E-state index contributed by atoms with van der Waals surface area (Å²) < 4.78 is 0. The number of rotatable bonds is 2. The molecule has 1 aliphatic rings. The Kier molecular flexibility index (Phi) is 4.29. The van der Waals surface area contributed by atoms with Crippen LogP contribution >= 0.6 is 15.9 Å². The van der Waals surface area contributed by atoms with Crippen LogP contribution in [0.1, 0.15) is 43.9 Å². The van der Waals surface area contributed by atoms with Crippen LogP contribution in [-0.4, -0.2) is 17.8 Å². The lowest BCUT2D eigenvalue weighted by molar-refractivity contribution is -0.117. The standard InChI is InChI=1S/C17H24BrNO/c1-11-6-14(17(3,4)5)7-12(2)16(11)19-10-13(9-18)8-15(19)20/h6-7,13H,8-10H2,1-5H3. The molecule has 20 heavy (non-hydrogen) atoms. The third-order valence-corrected chi connectivity index (χ3v) is 4.97. The van der Waals surface area contributed by atoms with Gasteiger partial charge in [-0.25, -0.2) is 0 Å². The molecule has 1 aromatic carbocycles. The molecule has 0 radical (unpaired) electrons. The summed E-state index contributed by atoms with van der Waals surface area (Å²) in [5.74, 6) is 0.688. The van der Waals surface area contributed by atoms with E-state index in [0.29, 0.717) is 12.3 Å². The zero-order valence-corrected chi connectivity index (χ0v) is 14.7. The van der Waals surface area contributed by atoms with Crippen molar-refractivity contribution >= 4 is 27.5 Å². The lowest BCUT2D eigenvalue weighted by atomic mass is 9.84. The molecule has 0 bridgehead atoms. The molecular weight excluding hydrogens is 314 g/mol. The van der Waals surface area contributed by atoms with Crippen LogP contribution < -0.4 is 4.90 Å². The van der Waals surface area contributed by atoms with Crippen LogP contribution in [0, 0.1) is 19.8 Å². The molecule has 1 amide bonds. The van der Waals surface area contributed by atoms with Gasteiger partial charge in [-0.3, -0.25) is 4.79 Å². The zero-order chi connectivity index (χ0) is 15.1. The van der Waals surface area contributed by atoms with E-state index in [-0.39, 0.29) is 11.3 Å². The monoisotopic (exact) mass is 337 g/mol. The number of carbonyl (C=O) groups excluding carboxylic acids is 1. The lowest BCUT2D eigenvalue weighted by Gasteiger charge is -2.26. The molecule has 1 fully saturated rings. The second-order valence-electron chi connectivity index (χ2n) is 6.94. The Morgan fingerprint density at radius 3 is 2.20 bits per heavy atom. The van der Waals surface area contributed by atoms with Gasteiger partial charge in [0.2, 0.25) is 5.91 Å². The maximum absolute atomic E-state index is 12.2. The van der Waals surface area contributed by atoms with Gasteiger partial charge in [0.05, 0.1) is 0 Å². The van der Waals surface area contributed by atoms with Gasteiger partial charge in [0.1, 0.15) is 0 Å². The van der Waals surface area contributed by atoms with Crippen molar-refractivity contribution < 1.29 is 4.79 Å². The van der Waals surface area contributed by atoms with Crippen LogP contribution in [0.15, 0.2) is 12.1 Å². The van der Waals surface area contributed by atoms with Gasteiger partial charge in [-0.2, -0.15) is 0 Å². The van der Waals surface area contributed by atoms with Crippen LogP contribution in [0.5, 0.6) is 0 Å². The number of amides is 1. The average Bonchev–Trinajstić information content (AvgIpc) is 2.69. The highest BCUT2D eigenvalue weighted by Crippen LogP contribution is 2.35. The van der Waals surface area contributed by atoms with Gasteiger partial charge < -0.3 is 4.90 Å². The summed E-state index contributed by atoms with van der Waals surface area (Å²) in [6.45, 7) is 11.7. The molecule has 0 spiro atoms. The SMILES string of the molecule is Cc1cc(C(C)(C)C)cc(C)c1N1CC(CBr)CC1=O. The minimum atomic E-state index is 0.140. The van der Waals surface area contributed by atoms with Crippen LogP contribution in [0.4, 0.5) is 5.69 Å². The number of aryl methyl sites for hydroxylation is 2. The molecule has 2 rings (SSSR count). The van der Waals surface area contributed by atoms with E-state index in [1.807, 2.05) is 4.90 Å². The highest BCUT2D eigenvalue weighted by Gasteiger charge is 2.31. The van der Waals surface area contributed by atoms with Crippen molar-refractivity contribution in [1.29, 1.82) is 0 Å². The summed E-state index contributed by atoms with van der Waals surface area (Å²) in [4.78, 5) is 14.2. The molecule has 1 atom stereocenters. The second kappa shape index (κ2) is 5.51. The predicted molar refractivity (Wildman–Crippen MR) is 88.9 cm³/mol. The van der Waals surface area contributed by atoms with E-state index in [4.69, 9.17) is 0 Å². The van der Waals surface area contributed by atoms with E-state index in [1.54, 1.807) is 0 Å². The molecule has 1 unspecified atom stereocenters. The Hall–Kier alpha value is -0.830. The maximum atomic E-state index is 12.2. The third kappa shape index (κ3) is 2.93. The summed E-state index contributed by atoms with van der Waals surface area (Å²) in [5.41, 5.74) is 5.00. The van der Waals surface area contributed by atoms with Gasteiger partial charge in [-0.1, -0.05) is 48.8 Å². The first-order valence-corrected chi connectivity index (χ1v) is 8.34. The minimum absolute atomic E-state index is 0.140. The highest BCUT2D eigenvalue weighted by atomic mass is 79.9. The minimum Gasteiger partial charge on any atom is -0.312 e. The quantitative estimate of drug-likeness (QED) is 0.734. The number of nitrogens with zero attached hydrogens (tertiary/aromatic N) is 1. The number of benzene rings is 1. The number of alkyl halides is 1. The molecule has 1 aliphatic heterocycles. The topological polar surface area (TPSA) is 20.3 Å². The average molecular weight is 338 g/mol. The Morgan fingerprint density at radius 2 is 1.80 bits per heavy atom. The van der Waals surface area contributed by atoms with Crippen LogP contribution in [0.2, 0.25) is 0 Å². The number of anilines is 1. The second-order valence-corrected chi connectivity index (χ2v) is 7.58. The molecular formula is C17H24BrNO. The van der Waals surface area contributed by atoms with Crippen LogP contribution in [0.25, 0.3) is 0 Å². The molecule has 1 saturated heterocycles. The smallest absolute Gasteiger partial charge is 0.227 e. The normalized spacial score (nSPS) is 19.8. The van der Waals surface area contributed by atoms with Crippen LogP contribution in [-0.2, 0) is 10.2 Å². The molecule has 110 valence electrons. The lowest BCUT2D eigenvalue weighted by Crippen LogP contribution is -2.27. The van der Waals surface area contributed by atoms with E-state index >= 15 is 0 Å². The van der Waals surface area contributed by atoms with Gasteiger partial charge in [-0.05, 0) is 41.9 Å². The number of hydrogen-bond acceptors (Lipinski definition) is 1. The van der Waals surface area contributed by atoms with Crippen molar-refractivity contribution in [2.75, 3.05) is 16.8 Å². The summed E-state index contributed by atoms with van der Waals surface area (Å²) >= 11 is 3.50. The van der Waals surface area contributed by atoms with Crippen molar-refractivity contribution in [3.05, 3.63) is 28.8 Å². The van der Waals surface area contributed by atoms with Crippen LogP contribution in [0.3, 0.4) is 0 Å². The maximum Gasteiger partial charge on any atom is 0.227 e. The Bertz CT molecular complexity index is 507. The number of hydrogen-bond donors (Lipinski definition) is 0. The largest absolute Gasteiger partial charge is 0.312 e. The van der Waals surface area contributed by atoms with Crippen molar-refractivity contribution in [2.24, 2.45) is 5.92 Å². The van der Waals surface area contributed by atoms with Gasteiger partial charge in [0.15, 0.2) is 0 Å². The van der Waals surface area contributed by atoms with Gasteiger partial charge in [0, 0.05) is 24.0 Å². The van der Waals surface area contributed by atoms with E-state index in [2.05, 4.69) is 62.7 Å². The number of halogens is 1. The van der Waals surface area contributed by atoms with E-state index in [9.17, 15) is 4.79 Å². The molecule has 1 aromatic rings. The van der Waals surface area contributed by atoms with Gasteiger partial charge in [-0.15, -0.1) is 0 Å². The van der Waals surface area contributed by atoms with Gasteiger partial charge >= 0.3 is 0 Å². The summed E-state index contributed by atoms with van der Waals surface area (Å²) in [6.07, 6.45) is 0.658. The summed E-state index contributed by atoms with van der Waals surface area (Å²) in [5, 5.41) is 0.896. The first kappa shape index (κ1) is 15.6. The van der Waals surface area contributed by atoms with Gasteiger partial charge in [0.25, 0.3) is 0 Å².